The normalized spacial score (nSPS) is 11.3. The summed E-state index contributed by atoms with van der Waals surface area (Å²) in [5.41, 5.74) is 2.94. The summed E-state index contributed by atoms with van der Waals surface area (Å²) < 4.78 is 0. The number of carbonyl (C=O) groups excluding carboxylic acids is 2. The van der Waals surface area contributed by atoms with Gasteiger partial charge in [0, 0.05) is 6.42 Å². The predicted molar refractivity (Wildman–Crippen MR) is 140 cm³/mol. The van der Waals surface area contributed by atoms with Crippen molar-refractivity contribution in [1.29, 1.82) is 0 Å². The zero-order valence-corrected chi connectivity index (χ0v) is 22.1. The van der Waals surface area contributed by atoms with Gasteiger partial charge in [-0.05, 0) is 53.6 Å². The van der Waals surface area contributed by atoms with E-state index in [9.17, 15) is 9.59 Å². The molecule has 0 saturated carbocycles. The quantitative estimate of drug-likeness (QED) is 0.132. The Hall–Kier alpha value is -2.70. The van der Waals surface area contributed by atoms with Gasteiger partial charge < -0.3 is 0 Å². The molecular formula is C30H40O6. The largest absolute Gasteiger partial charge is 0.373 e. The SMILES string of the molecule is [CH2]CCCCCCCC[C](OOC(=O)c1ccc(C(C)C)cc1)OOC(=O)c1ccc(C(C)C)cc1. The molecule has 6 heteroatoms. The van der Waals surface area contributed by atoms with E-state index in [0.717, 1.165) is 56.1 Å². The molecule has 2 aromatic rings. The van der Waals surface area contributed by atoms with Gasteiger partial charge >= 0.3 is 18.2 Å². The standard InChI is InChI=1S/C30H40O6/c1-6-7-8-9-10-11-12-13-28(33-35-29(31)26-18-14-24(15-19-26)22(2)3)34-36-30(32)27-20-16-25(17-21-27)23(4)5/h14-23H,1,6-13H2,2-5H3. The van der Waals surface area contributed by atoms with Crippen molar-refractivity contribution in [3.63, 3.8) is 0 Å². The van der Waals surface area contributed by atoms with E-state index in [1.165, 1.54) is 0 Å². The molecule has 0 unspecified atom stereocenters. The van der Waals surface area contributed by atoms with Gasteiger partial charge in [-0.25, -0.2) is 9.59 Å². The second kappa shape index (κ2) is 16.1. The van der Waals surface area contributed by atoms with Crippen LogP contribution >= 0.6 is 0 Å². The van der Waals surface area contributed by atoms with Crippen molar-refractivity contribution in [3.05, 3.63) is 84.0 Å². The highest BCUT2D eigenvalue weighted by Crippen LogP contribution is 2.21. The lowest BCUT2D eigenvalue weighted by molar-refractivity contribution is -0.363. The van der Waals surface area contributed by atoms with Crippen LogP contribution in [0.3, 0.4) is 0 Å². The van der Waals surface area contributed by atoms with Gasteiger partial charge in [0.05, 0.1) is 11.1 Å². The lowest BCUT2D eigenvalue weighted by atomic mass is 10.0. The van der Waals surface area contributed by atoms with Gasteiger partial charge in [0.2, 0.25) is 0 Å². The molecule has 196 valence electrons. The Balaban J connectivity index is 1.90. The average molecular weight is 497 g/mol. The molecule has 0 aliphatic rings. The Bertz CT molecular complexity index is 835. The van der Waals surface area contributed by atoms with Gasteiger partial charge in [0.15, 0.2) is 0 Å². The molecule has 0 spiro atoms. The Labute approximate surface area is 216 Å². The molecule has 0 N–H and O–H groups in total. The van der Waals surface area contributed by atoms with Crippen LogP contribution in [0.25, 0.3) is 0 Å². The predicted octanol–water partition coefficient (Wildman–Crippen LogP) is 8.25. The van der Waals surface area contributed by atoms with E-state index in [1.54, 1.807) is 24.3 Å². The van der Waals surface area contributed by atoms with E-state index in [-0.39, 0.29) is 6.29 Å². The zero-order chi connectivity index (χ0) is 26.3. The molecule has 0 fully saturated rings. The molecular weight excluding hydrogens is 456 g/mol. The third-order valence-corrected chi connectivity index (χ3v) is 5.93. The maximum absolute atomic E-state index is 12.4. The van der Waals surface area contributed by atoms with Crippen molar-refractivity contribution in [3.8, 4) is 0 Å². The molecule has 0 aromatic heterocycles. The van der Waals surface area contributed by atoms with E-state index < -0.39 is 11.9 Å². The molecule has 0 atom stereocenters. The molecule has 2 rings (SSSR count). The fourth-order valence-electron chi connectivity index (χ4n) is 3.52. The van der Waals surface area contributed by atoms with Crippen LogP contribution in [0.15, 0.2) is 48.5 Å². The Morgan fingerprint density at radius 3 is 1.39 bits per heavy atom. The summed E-state index contributed by atoms with van der Waals surface area (Å²) in [5, 5.41) is 0. The number of rotatable bonds is 16. The van der Waals surface area contributed by atoms with Crippen molar-refractivity contribution in [2.24, 2.45) is 0 Å². The van der Waals surface area contributed by atoms with E-state index >= 15 is 0 Å². The van der Waals surface area contributed by atoms with E-state index in [0.29, 0.717) is 29.4 Å². The topological polar surface area (TPSA) is 71.1 Å². The minimum absolute atomic E-state index is 0.0768. The first-order valence-corrected chi connectivity index (χ1v) is 12.9. The van der Waals surface area contributed by atoms with Crippen LogP contribution in [0.2, 0.25) is 0 Å². The summed E-state index contributed by atoms with van der Waals surface area (Å²) in [6, 6.07) is 14.3. The fraction of sp³-hybridized carbons (Fsp3) is 0.467. The molecule has 0 saturated heterocycles. The first-order valence-electron chi connectivity index (χ1n) is 12.9. The average Bonchev–Trinajstić information content (AvgIpc) is 2.88. The second-order valence-corrected chi connectivity index (χ2v) is 9.56. The molecule has 2 radical (unpaired) electrons. The van der Waals surface area contributed by atoms with Crippen molar-refractivity contribution in [1.82, 2.24) is 0 Å². The summed E-state index contributed by atoms with van der Waals surface area (Å²) in [7, 11) is 0. The van der Waals surface area contributed by atoms with Gasteiger partial charge in [0.1, 0.15) is 0 Å². The Morgan fingerprint density at radius 1 is 0.611 bits per heavy atom. The van der Waals surface area contributed by atoms with Crippen LogP contribution in [-0.2, 0) is 19.6 Å². The summed E-state index contributed by atoms with van der Waals surface area (Å²) in [6.45, 7) is 12.2. The van der Waals surface area contributed by atoms with Crippen LogP contribution in [0.4, 0.5) is 0 Å². The summed E-state index contributed by atoms with van der Waals surface area (Å²) in [5.74, 6) is -0.602. The third kappa shape index (κ3) is 10.5. The van der Waals surface area contributed by atoms with Crippen molar-refractivity contribution in [2.75, 3.05) is 0 Å². The molecule has 6 nitrogen and oxygen atoms in total. The smallest absolute Gasteiger partial charge is 0.289 e. The number of unbranched alkanes of at least 4 members (excludes halogenated alkanes) is 6. The summed E-state index contributed by atoms with van der Waals surface area (Å²) in [4.78, 5) is 45.2. The lowest BCUT2D eigenvalue weighted by Gasteiger charge is -2.14. The van der Waals surface area contributed by atoms with E-state index in [1.807, 2.05) is 24.3 Å². The minimum Gasteiger partial charge on any atom is -0.289 e. The highest BCUT2D eigenvalue weighted by Gasteiger charge is 2.21. The van der Waals surface area contributed by atoms with Gasteiger partial charge in [0.25, 0.3) is 0 Å². The van der Waals surface area contributed by atoms with E-state index in [4.69, 9.17) is 19.6 Å². The third-order valence-electron chi connectivity index (χ3n) is 5.93. The lowest BCUT2D eigenvalue weighted by Crippen LogP contribution is -2.16. The number of hydrogen-bond donors (Lipinski definition) is 0. The molecule has 0 amide bonds. The van der Waals surface area contributed by atoms with Crippen molar-refractivity contribution < 1.29 is 29.1 Å². The maximum Gasteiger partial charge on any atom is 0.373 e. The summed E-state index contributed by atoms with van der Waals surface area (Å²) >= 11 is 0. The molecule has 0 aliphatic carbocycles. The molecule has 0 bridgehead atoms. The molecule has 0 aliphatic heterocycles. The van der Waals surface area contributed by atoms with E-state index in [2.05, 4.69) is 34.6 Å². The molecule has 36 heavy (non-hydrogen) atoms. The van der Waals surface area contributed by atoms with Gasteiger partial charge in [-0.15, -0.1) is 9.78 Å². The Kier molecular flexibility index (Phi) is 13.2. The second-order valence-electron chi connectivity index (χ2n) is 9.56. The van der Waals surface area contributed by atoms with Crippen LogP contribution in [0.5, 0.6) is 0 Å². The first-order chi connectivity index (χ1) is 17.3. The number of benzene rings is 2. The van der Waals surface area contributed by atoms with Gasteiger partial charge in [-0.3, -0.25) is 9.78 Å². The highest BCUT2D eigenvalue weighted by molar-refractivity contribution is 5.89. The van der Waals surface area contributed by atoms with Crippen molar-refractivity contribution >= 4 is 11.9 Å². The number of carbonyl (C=O) groups is 2. The van der Waals surface area contributed by atoms with Crippen LogP contribution in [0, 0.1) is 13.2 Å². The molecule has 2 aromatic carbocycles. The summed E-state index contributed by atoms with van der Waals surface area (Å²) in [6.07, 6.45) is 7.38. The first kappa shape index (κ1) is 29.5. The van der Waals surface area contributed by atoms with Gasteiger partial charge in [-0.1, -0.05) is 97.4 Å². The molecule has 0 heterocycles. The van der Waals surface area contributed by atoms with Crippen LogP contribution in [0.1, 0.15) is 123 Å². The Morgan fingerprint density at radius 2 is 1.00 bits per heavy atom. The monoisotopic (exact) mass is 496 g/mol. The van der Waals surface area contributed by atoms with Gasteiger partial charge in [-0.2, -0.15) is 0 Å². The minimum atomic E-state index is -0.657. The number of hydrogen-bond acceptors (Lipinski definition) is 6. The van der Waals surface area contributed by atoms with Crippen LogP contribution in [-0.4, -0.2) is 11.9 Å². The maximum atomic E-state index is 12.4. The highest BCUT2D eigenvalue weighted by atomic mass is 17.3. The fourth-order valence-corrected chi connectivity index (χ4v) is 3.52. The van der Waals surface area contributed by atoms with Crippen molar-refractivity contribution in [2.45, 2.75) is 90.9 Å². The zero-order valence-electron chi connectivity index (χ0n) is 22.1. The van der Waals surface area contributed by atoms with Crippen LogP contribution < -0.4 is 0 Å².